The Morgan fingerprint density at radius 1 is 1.50 bits per heavy atom. The monoisotopic (exact) mass is 347 g/mol. The minimum Gasteiger partial charge on any atom is -0.480 e. The third kappa shape index (κ3) is 3.44. The van der Waals surface area contributed by atoms with Crippen molar-refractivity contribution in [1.29, 1.82) is 0 Å². The summed E-state index contributed by atoms with van der Waals surface area (Å²) in [5.74, 6) is -1.25. The first-order valence-electron chi connectivity index (χ1n) is 7.48. The first-order valence-corrected chi connectivity index (χ1v) is 8.36. The standard InChI is InChI=1S/C16H17N3O4S/c1-23-12-6-13(16(21)22)19(8-12)14(20)5-11-9-24-15(18-11)10-3-2-4-17-7-10/h2-4,7,9,12-13H,5-6,8H2,1H3,(H,21,22). The summed E-state index contributed by atoms with van der Waals surface area (Å²) < 4.78 is 5.21. The topological polar surface area (TPSA) is 92.6 Å². The van der Waals surface area contributed by atoms with Gasteiger partial charge in [-0.25, -0.2) is 9.78 Å². The van der Waals surface area contributed by atoms with E-state index < -0.39 is 12.0 Å². The fourth-order valence-corrected chi connectivity index (χ4v) is 3.55. The molecule has 2 atom stereocenters. The smallest absolute Gasteiger partial charge is 0.326 e. The summed E-state index contributed by atoms with van der Waals surface area (Å²) in [6.45, 7) is 0.298. The Morgan fingerprint density at radius 3 is 3.00 bits per heavy atom. The number of aliphatic carboxylic acids is 1. The Bertz CT molecular complexity index is 734. The van der Waals surface area contributed by atoms with E-state index in [1.165, 1.54) is 23.3 Å². The summed E-state index contributed by atoms with van der Waals surface area (Å²) in [7, 11) is 1.53. The first-order chi connectivity index (χ1) is 11.6. The molecule has 0 aromatic carbocycles. The molecule has 0 aliphatic carbocycles. The number of hydrogen-bond donors (Lipinski definition) is 1. The van der Waals surface area contributed by atoms with Crippen molar-refractivity contribution in [2.75, 3.05) is 13.7 Å². The van der Waals surface area contributed by atoms with Gasteiger partial charge in [-0.2, -0.15) is 0 Å². The van der Waals surface area contributed by atoms with Crippen LogP contribution in [0.25, 0.3) is 10.6 Å². The van der Waals surface area contributed by atoms with Gasteiger partial charge in [-0.15, -0.1) is 11.3 Å². The molecule has 126 valence electrons. The van der Waals surface area contributed by atoms with Gasteiger partial charge >= 0.3 is 5.97 Å². The molecule has 1 fully saturated rings. The molecular formula is C16H17N3O4S. The quantitative estimate of drug-likeness (QED) is 0.880. The Kier molecular flexibility index (Phi) is 4.86. The summed E-state index contributed by atoms with van der Waals surface area (Å²) in [6.07, 6.45) is 3.56. The first kappa shape index (κ1) is 16.5. The Balaban J connectivity index is 1.71. The number of carboxylic acid groups (broad SMARTS) is 1. The van der Waals surface area contributed by atoms with E-state index in [4.69, 9.17) is 4.74 Å². The third-order valence-corrected chi connectivity index (χ3v) is 4.93. The average Bonchev–Trinajstić information content (AvgIpc) is 3.22. The van der Waals surface area contributed by atoms with Crippen molar-refractivity contribution < 1.29 is 19.4 Å². The van der Waals surface area contributed by atoms with Crippen LogP contribution >= 0.6 is 11.3 Å². The van der Waals surface area contributed by atoms with Gasteiger partial charge in [0.25, 0.3) is 0 Å². The van der Waals surface area contributed by atoms with Gasteiger partial charge in [0.05, 0.1) is 18.2 Å². The highest BCUT2D eigenvalue weighted by Gasteiger charge is 2.39. The molecule has 2 aromatic rings. The molecule has 1 amide bonds. The zero-order valence-corrected chi connectivity index (χ0v) is 13.9. The number of rotatable bonds is 5. The zero-order valence-electron chi connectivity index (χ0n) is 13.1. The highest BCUT2D eigenvalue weighted by Crippen LogP contribution is 2.25. The lowest BCUT2D eigenvalue weighted by atomic mass is 10.2. The molecule has 3 heterocycles. The van der Waals surface area contributed by atoms with Gasteiger partial charge in [-0.1, -0.05) is 0 Å². The fourth-order valence-electron chi connectivity index (χ4n) is 2.74. The second-order valence-electron chi connectivity index (χ2n) is 5.56. The molecule has 3 rings (SSSR count). The number of thiazole rings is 1. The molecule has 1 saturated heterocycles. The van der Waals surface area contributed by atoms with Crippen molar-refractivity contribution in [2.24, 2.45) is 0 Å². The number of amides is 1. The lowest BCUT2D eigenvalue weighted by molar-refractivity contribution is -0.148. The number of nitrogens with zero attached hydrogens (tertiary/aromatic N) is 3. The molecular weight excluding hydrogens is 330 g/mol. The van der Waals surface area contributed by atoms with Crippen LogP contribution in [-0.2, 0) is 20.7 Å². The van der Waals surface area contributed by atoms with E-state index in [1.54, 1.807) is 12.4 Å². The molecule has 0 bridgehead atoms. The maximum absolute atomic E-state index is 12.5. The van der Waals surface area contributed by atoms with Gasteiger partial charge in [0.1, 0.15) is 11.0 Å². The maximum Gasteiger partial charge on any atom is 0.326 e. The number of pyridine rings is 1. The number of carbonyl (C=O) groups excluding carboxylic acids is 1. The van der Waals surface area contributed by atoms with Crippen LogP contribution in [0.1, 0.15) is 12.1 Å². The summed E-state index contributed by atoms with van der Waals surface area (Å²) in [4.78, 5) is 33.7. The summed E-state index contributed by atoms with van der Waals surface area (Å²) >= 11 is 1.44. The Labute approximate surface area is 142 Å². The second-order valence-corrected chi connectivity index (χ2v) is 6.41. The van der Waals surface area contributed by atoms with Gasteiger partial charge in [0, 0.05) is 43.4 Å². The number of carboxylic acids is 1. The largest absolute Gasteiger partial charge is 0.480 e. The minimum atomic E-state index is -1.00. The van der Waals surface area contributed by atoms with Crippen molar-refractivity contribution in [3.63, 3.8) is 0 Å². The highest BCUT2D eigenvalue weighted by atomic mass is 32.1. The molecule has 0 radical (unpaired) electrons. The summed E-state index contributed by atoms with van der Waals surface area (Å²) in [5.41, 5.74) is 1.53. The molecule has 7 nitrogen and oxygen atoms in total. The van der Waals surface area contributed by atoms with Crippen LogP contribution in [0.3, 0.4) is 0 Å². The van der Waals surface area contributed by atoms with E-state index >= 15 is 0 Å². The van der Waals surface area contributed by atoms with E-state index in [9.17, 15) is 14.7 Å². The molecule has 1 N–H and O–H groups in total. The minimum absolute atomic E-state index is 0.0803. The second kappa shape index (κ2) is 7.06. The Morgan fingerprint density at radius 2 is 2.33 bits per heavy atom. The average molecular weight is 347 g/mol. The number of methoxy groups -OCH3 is 1. The molecule has 8 heteroatoms. The van der Waals surface area contributed by atoms with Gasteiger partial charge in [-0.05, 0) is 12.1 Å². The molecule has 1 aliphatic rings. The van der Waals surface area contributed by atoms with Crippen LogP contribution in [0.5, 0.6) is 0 Å². The number of hydrogen-bond acceptors (Lipinski definition) is 6. The van der Waals surface area contributed by atoms with Crippen LogP contribution in [0, 0.1) is 0 Å². The van der Waals surface area contributed by atoms with Crippen LogP contribution in [0.15, 0.2) is 29.9 Å². The van der Waals surface area contributed by atoms with E-state index in [0.717, 1.165) is 10.6 Å². The van der Waals surface area contributed by atoms with E-state index in [2.05, 4.69) is 9.97 Å². The summed E-state index contributed by atoms with van der Waals surface area (Å²) in [6, 6.07) is 2.90. The molecule has 2 unspecified atom stereocenters. The predicted octanol–water partition coefficient (Wildman–Crippen LogP) is 1.45. The molecule has 2 aromatic heterocycles. The third-order valence-electron chi connectivity index (χ3n) is 3.99. The number of aromatic nitrogens is 2. The van der Waals surface area contributed by atoms with Crippen LogP contribution in [-0.4, -0.2) is 57.7 Å². The maximum atomic E-state index is 12.5. The van der Waals surface area contributed by atoms with E-state index in [0.29, 0.717) is 18.7 Å². The van der Waals surface area contributed by atoms with Crippen molar-refractivity contribution in [2.45, 2.75) is 25.0 Å². The van der Waals surface area contributed by atoms with Gasteiger partial charge in [-0.3, -0.25) is 9.78 Å². The number of ether oxygens (including phenoxy) is 1. The Hall–Kier alpha value is -2.32. The van der Waals surface area contributed by atoms with Gasteiger partial charge in [0.15, 0.2) is 0 Å². The van der Waals surface area contributed by atoms with Gasteiger partial charge in [0.2, 0.25) is 5.91 Å². The van der Waals surface area contributed by atoms with Crippen LogP contribution < -0.4 is 0 Å². The summed E-state index contributed by atoms with van der Waals surface area (Å²) in [5, 5.41) is 11.9. The van der Waals surface area contributed by atoms with Gasteiger partial charge < -0.3 is 14.7 Å². The lowest BCUT2D eigenvalue weighted by Gasteiger charge is -2.20. The normalized spacial score (nSPS) is 20.3. The van der Waals surface area contributed by atoms with Crippen LogP contribution in [0.4, 0.5) is 0 Å². The van der Waals surface area contributed by atoms with Crippen molar-refractivity contribution >= 4 is 23.2 Å². The molecule has 0 saturated carbocycles. The van der Waals surface area contributed by atoms with Crippen molar-refractivity contribution in [3.8, 4) is 10.6 Å². The van der Waals surface area contributed by atoms with Crippen molar-refractivity contribution in [3.05, 3.63) is 35.6 Å². The molecule has 0 spiro atoms. The van der Waals surface area contributed by atoms with Crippen molar-refractivity contribution in [1.82, 2.24) is 14.9 Å². The fraction of sp³-hybridized carbons (Fsp3) is 0.375. The molecule has 1 aliphatic heterocycles. The number of likely N-dealkylation sites (tertiary alicyclic amines) is 1. The van der Waals surface area contributed by atoms with Crippen LogP contribution in [0.2, 0.25) is 0 Å². The lowest BCUT2D eigenvalue weighted by Crippen LogP contribution is -2.41. The predicted molar refractivity (Wildman–Crippen MR) is 87.6 cm³/mol. The SMILES string of the molecule is COC1CC(C(=O)O)N(C(=O)Cc2csc(-c3cccnc3)n2)C1. The molecule has 24 heavy (non-hydrogen) atoms. The van der Waals surface area contributed by atoms with E-state index in [1.807, 2.05) is 17.5 Å². The van der Waals surface area contributed by atoms with E-state index in [-0.39, 0.29) is 18.4 Å². The number of carbonyl (C=O) groups is 2. The zero-order chi connectivity index (χ0) is 17.1. The highest BCUT2D eigenvalue weighted by molar-refractivity contribution is 7.13.